The highest BCUT2D eigenvalue weighted by molar-refractivity contribution is 9.10. The van der Waals surface area contributed by atoms with Crippen LogP contribution in [-0.4, -0.2) is 18.4 Å². The highest BCUT2D eigenvalue weighted by Gasteiger charge is 2.14. The summed E-state index contributed by atoms with van der Waals surface area (Å²) in [5.41, 5.74) is 1.10. The molecule has 1 saturated heterocycles. The topological polar surface area (TPSA) is 29.1 Å². The molecule has 0 bridgehead atoms. The molecule has 0 saturated carbocycles. The number of halogens is 1. The van der Waals surface area contributed by atoms with Gasteiger partial charge in [0.1, 0.15) is 5.78 Å². The van der Waals surface area contributed by atoms with Crippen molar-refractivity contribution in [2.24, 2.45) is 0 Å². The summed E-state index contributed by atoms with van der Waals surface area (Å²) in [6.45, 7) is 1.11. The number of rotatable bonds is 5. The van der Waals surface area contributed by atoms with Crippen LogP contribution in [-0.2, 0) is 11.2 Å². The molecule has 1 atom stereocenters. The molecule has 1 aliphatic rings. The van der Waals surface area contributed by atoms with Gasteiger partial charge in [0.15, 0.2) is 0 Å². The summed E-state index contributed by atoms with van der Waals surface area (Å²) in [6, 6.07) is 8.52. The van der Waals surface area contributed by atoms with Crippen molar-refractivity contribution in [2.75, 3.05) is 6.54 Å². The van der Waals surface area contributed by atoms with Crippen LogP contribution < -0.4 is 5.32 Å². The summed E-state index contributed by atoms with van der Waals surface area (Å²) in [7, 11) is 0. The summed E-state index contributed by atoms with van der Waals surface area (Å²) in [4.78, 5) is 12.0. The van der Waals surface area contributed by atoms with E-state index in [-0.39, 0.29) is 0 Å². The van der Waals surface area contributed by atoms with Gasteiger partial charge in [0, 0.05) is 23.4 Å². The minimum atomic E-state index is 0.342. The fourth-order valence-corrected chi connectivity index (χ4v) is 2.87. The van der Waals surface area contributed by atoms with Crippen molar-refractivity contribution in [3.63, 3.8) is 0 Å². The molecule has 1 heterocycles. The predicted octanol–water partition coefficient (Wildman–Crippen LogP) is 3.48. The summed E-state index contributed by atoms with van der Waals surface area (Å²) < 4.78 is 1.04. The molecule has 0 spiro atoms. The van der Waals surface area contributed by atoms with Crippen molar-refractivity contribution < 1.29 is 4.79 Å². The van der Waals surface area contributed by atoms with E-state index in [1.807, 2.05) is 24.3 Å². The molecule has 98 valence electrons. The highest BCUT2D eigenvalue weighted by Crippen LogP contribution is 2.18. The second-order valence-electron chi connectivity index (χ2n) is 4.99. The number of hydrogen-bond donors (Lipinski definition) is 1. The first-order valence-corrected chi connectivity index (χ1v) is 7.53. The van der Waals surface area contributed by atoms with Crippen molar-refractivity contribution >= 4 is 21.7 Å². The van der Waals surface area contributed by atoms with Gasteiger partial charge in [-0.1, -0.05) is 40.5 Å². The second-order valence-corrected chi connectivity index (χ2v) is 5.85. The first kappa shape index (κ1) is 13.8. The van der Waals surface area contributed by atoms with Crippen LogP contribution in [0, 0.1) is 0 Å². The van der Waals surface area contributed by atoms with Crippen molar-refractivity contribution in [2.45, 2.75) is 44.6 Å². The molecule has 1 N–H and O–H groups in total. The van der Waals surface area contributed by atoms with Gasteiger partial charge in [0.2, 0.25) is 0 Å². The molecular weight excluding hydrogens is 290 g/mol. The Balaban J connectivity index is 1.76. The first-order chi connectivity index (χ1) is 8.75. The summed E-state index contributed by atoms with van der Waals surface area (Å²) >= 11 is 3.49. The Morgan fingerprint density at radius 1 is 1.33 bits per heavy atom. The largest absolute Gasteiger partial charge is 0.314 e. The lowest BCUT2D eigenvalue weighted by molar-refractivity contribution is -0.118. The molecule has 3 heteroatoms. The first-order valence-electron chi connectivity index (χ1n) is 6.74. The fourth-order valence-electron chi connectivity index (χ4n) is 2.45. The van der Waals surface area contributed by atoms with Crippen LogP contribution in [0.4, 0.5) is 0 Å². The van der Waals surface area contributed by atoms with Gasteiger partial charge in [-0.15, -0.1) is 0 Å². The third-order valence-corrected chi connectivity index (χ3v) is 4.30. The monoisotopic (exact) mass is 309 g/mol. The number of carbonyl (C=O) groups is 1. The number of hydrogen-bond acceptors (Lipinski definition) is 2. The fraction of sp³-hybridized carbons (Fsp3) is 0.533. The third-order valence-electron chi connectivity index (χ3n) is 3.53. The Labute approximate surface area is 117 Å². The predicted molar refractivity (Wildman–Crippen MR) is 77.7 cm³/mol. The molecule has 2 rings (SSSR count). The van der Waals surface area contributed by atoms with E-state index in [4.69, 9.17) is 0 Å². The van der Waals surface area contributed by atoms with Crippen LogP contribution >= 0.6 is 15.9 Å². The van der Waals surface area contributed by atoms with Crippen molar-refractivity contribution in [3.8, 4) is 0 Å². The second kappa shape index (κ2) is 7.05. The van der Waals surface area contributed by atoms with Gasteiger partial charge in [-0.2, -0.15) is 0 Å². The molecule has 0 aromatic heterocycles. The van der Waals surface area contributed by atoms with Gasteiger partial charge < -0.3 is 5.32 Å². The van der Waals surface area contributed by atoms with E-state index in [1.165, 1.54) is 19.3 Å². The number of benzene rings is 1. The maximum atomic E-state index is 12.0. The van der Waals surface area contributed by atoms with E-state index in [2.05, 4.69) is 21.2 Å². The van der Waals surface area contributed by atoms with Gasteiger partial charge in [0.25, 0.3) is 0 Å². The van der Waals surface area contributed by atoms with E-state index in [0.29, 0.717) is 24.7 Å². The van der Waals surface area contributed by atoms with Crippen LogP contribution in [0.5, 0.6) is 0 Å². The number of carbonyl (C=O) groups excluding carboxylic acids is 1. The van der Waals surface area contributed by atoms with E-state index >= 15 is 0 Å². The standard InChI is InChI=1S/C15H20BrNO/c16-15-7-2-1-5-12(15)11-14(18)9-8-13-6-3-4-10-17-13/h1-2,5,7,13,17H,3-4,6,8-11H2. The molecule has 1 fully saturated rings. The maximum absolute atomic E-state index is 12.0. The van der Waals surface area contributed by atoms with Gasteiger partial charge in [0.05, 0.1) is 0 Å². The van der Waals surface area contributed by atoms with Gasteiger partial charge in [-0.05, 0) is 37.4 Å². The van der Waals surface area contributed by atoms with Crippen molar-refractivity contribution in [3.05, 3.63) is 34.3 Å². The number of Topliss-reactive ketones (excluding diaryl/α,β-unsaturated/α-hetero) is 1. The minimum Gasteiger partial charge on any atom is -0.314 e. The van der Waals surface area contributed by atoms with Gasteiger partial charge in [-0.3, -0.25) is 4.79 Å². The summed E-state index contributed by atoms with van der Waals surface area (Å²) in [6.07, 6.45) is 6.04. The van der Waals surface area contributed by atoms with E-state index < -0.39 is 0 Å². The SMILES string of the molecule is O=C(CCC1CCCCN1)Cc1ccccc1Br. The molecule has 1 aromatic rings. The molecule has 1 unspecified atom stereocenters. The zero-order valence-corrected chi connectivity index (χ0v) is 12.2. The average molecular weight is 310 g/mol. The molecule has 1 aromatic carbocycles. The van der Waals surface area contributed by atoms with Crippen LogP contribution in [0.15, 0.2) is 28.7 Å². The van der Waals surface area contributed by atoms with Crippen LogP contribution in [0.2, 0.25) is 0 Å². The number of piperidine rings is 1. The molecule has 18 heavy (non-hydrogen) atoms. The zero-order chi connectivity index (χ0) is 12.8. The van der Waals surface area contributed by atoms with E-state index in [0.717, 1.165) is 23.0 Å². The van der Waals surface area contributed by atoms with Crippen LogP contribution in [0.3, 0.4) is 0 Å². The smallest absolute Gasteiger partial charge is 0.137 e. The lowest BCUT2D eigenvalue weighted by Crippen LogP contribution is -2.34. The molecule has 0 radical (unpaired) electrons. The minimum absolute atomic E-state index is 0.342. The Morgan fingerprint density at radius 3 is 2.89 bits per heavy atom. The Hall–Kier alpha value is -0.670. The Kier molecular flexibility index (Phi) is 5.39. The lowest BCUT2D eigenvalue weighted by atomic mass is 9.97. The maximum Gasteiger partial charge on any atom is 0.137 e. The normalized spacial score (nSPS) is 19.7. The number of ketones is 1. The average Bonchev–Trinajstić information content (AvgIpc) is 2.40. The van der Waals surface area contributed by atoms with Gasteiger partial charge in [-0.25, -0.2) is 0 Å². The third kappa shape index (κ3) is 4.21. The highest BCUT2D eigenvalue weighted by atomic mass is 79.9. The molecule has 0 amide bonds. The summed E-state index contributed by atoms with van der Waals surface area (Å²) in [5, 5.41) is 3.49. The molecule has 2 nitrogen and oxygen atoms in total. The molecule has 1 aliphatic heterocycles. The van der Waals surface area contributed by atoms with E-state index in [1.54, 1.807) is 0 Å². The summed E-state index contributed by atoms with van der Waals surface area (Å²) in [5.74, 6) is 0.342. The van der Waals surface area contributed by atoms with E-state index in [9.17, 15) is 4.79 Å². The Bertz CT molecular complexity index is 399. The molecular formula is C15H20BrNO. The van der Waals surface area contributed by atoms with Crippen molar-refractivity contribution in [1.29, 1.82) is 0 Å². The zero-order valence-electron chi connectivity index (χ0n) is 10.6. The Morgan fingerprint density at radius 2 is 2.17 bits per heavy atom. The number of nitrogens with one attached hydrogen (secondary N) is 1. The quantitative estimate of drug-likeness (QED) is 0.902. The molecule has 0 aliphatic carbocycles. The van der Waals surface area contributed by atoms with Crippen molar-refractivity contribution in [1.82, 2.24) is 5.32 Å². The van der Waals surface area contributed by atoms with Gasteiger partial charge >= 0.3 is 0 Å². The lowest BCUT2D eigenvalue weighted by Gasteiger charge is -2.23. The van der Waals surface area contributed by atoms with Crippen LogP contribution in [0.1, 0.15) is 37.7 Å². The van der Waals surface area contributed by atoms with Crippen LogP contribution in [0.25, 0.3) is 0 Å².